The van der Waals surface area contributed by atoms with Gasteiger partial charge in [-0.05, 0) is 35.1 Å². The molecule has 15 heavy (non-hydrogen) atoms. The van der Waals surface area contributed by atoms with Crippen LogP contribution >= 0.6 is 22.6 Å². The molecule has 0 unspecified atom stereocenters. The van der Waals surface area contributed by atoms with Crippen LogP contribution in [0.1, 0.15) is 15.9 Å². The van der Waals surface area contributed by atoms with Crippen LogP contribution in [-0.4, -0.2) is 17.6 Å². The minimum absolute atomic E-state index is 0.182. The largest absolute Gasteiger partial charge is 0.574 e. The average Bonchev–Trinajstić information content (AvgIpc) is 1.99. The van der Waals surface area contributed by atoms with Crippen molar-refractivity contribution in [1.29, 1.82) is 0 Å². The lowest BCUT2D eigenvalue weighted by atomic mass is 10.2. The quantitative estimate of drug-likeness (QED) is 0.475. The molecule has 0 amide bonds. The van der Waals surface area contributed by atoms with Crippen molar-refractivity contribution in [2.75, 3.05) is 0 Å². The molecule has 0 bridgehead atoms. The zero-order valence-corrected chi connectivity index (χ0v) is 9.59. The molecular formula is C8H5F3INO2. The molecule has 0 aromatic carbocycles. The summed E-state index contributed by atoms with van der Waals surface area (Å²) in [6.45, 7) is 1.51. The molecule has 0 fully saturated rings. The first-order valence-electron chi connectivity index (χ1n) is 3.71. The Morgan fingerprint density at radius 3 is 2.53 bits per heavy atom. The number of carbonyl (C=O) groups is 1. The van der Waals surface area contributed by atoms with Gasteiger partial charge in [0.15, 0.2) is 6.29 Å². The van der Waals surface area contributed by atoms with Crippen LogP contribution in [-0.2, 0) is 0 Å². The van der Waals surface area contributed by atoms with Crippen LogP contribution in [0.3, 0.4) is 0 Å². The van der Waals surface area contributed by atoms with E-state index >= 15 is 0 Å². The lowest BCUT2D eigenvalue weighted by molar-refractivity contribution is -0.276. The summed E-state index contributed by atoms with van der Waals surface area (Å²) in [5.41, 5.74) is 0.661. The van der Waals surface area contributed by atoms with Crippen molar-refractivity contribution < 1.29 is 22.7 Å². The van der Waals surface area contributed by atoms with Gasteiger partial charge in [0.05, 0.1) is 0 Å². The van der Waals surface area contributed by atoms with E-state index in [0.29, 0.717) is 11.8 Å². The SMILES string of the molecule is Cc1cc(OC(F)(F)F)nc(I)c1C=O. The van der Waals surface area contributed by atoms with Crippen LogP contribution in [0.5, 0.6) is 5.88 Å². The number of halogens is 4. The molecule has 0 aliphatic rings. The summed E-state index contributed by atoms with van der Waals surface area (Å²) in [5, 5.41) is 0. The number of hydrogen-bond donors (Lipinski definition) is 0. The number of aldehydes is 1. The Kier molecular flexibility index (Phi) is 3.53. The monoisotopic (exact) mass is 331 g/mol. The lowest BCUT2D eigenvalue weighted by Crippen LogP contribution is -2.18. The van der Waals surface area contributed by atoms with Gasteiger partial charge >= 0.3 is 6.36 Å². The standard InChI is InChI=1S/C8H5F3INO2/c1-4-2-6(15-8(9,10)11)13-7(12)5(4)3-14/h2-3H,1H3. The van der Waals surface area contributed by atoms with E-state index < -0.39 is 12.2 Å². The number of pyridine rings is 1. The second-order valence-electron chi connectivity index (χ2n) is 2.65. The Labute approximate surface area is 96.8 Å². The van der Waals surface area contributed by atoms with Gasteiger partial charge in [-0.15, -0.1) is 13.2 Å². The van der Waals surface area contributed by atoms with Gasteiger partial charge in [-0.3, -0.25) is 4.79 Å². The van der Waals surface area contributed by atoms with Crippen molar-refractivity contribution in [3.05, 3.63) is 20.9 Å². The van der Waals surface area contributed by atoms with Crippen molar-refractivity contribution in [2.45, 2.75) is 13.3 Å². The maximum absolute atomic E-state index is 11.9. The van der Waals surface area contributed by atoms with Crippen LogP contribution in [0.15, 0.2) is 6.07 Å². The molecule has 1 aromatic heterocycles. The van der Waals surface area contributed by atoms with Gasteiger partial charge < -0.3 is 4.74 Å². The highest BCUT2D eigenvalue weighted by atomic mass is 127. The van der Waals surface area contributed by atoms with Crippen molar-refractivity contribution in [1.82, 2.24) is 4.98 Å². The minimum atomic E-state index is -4.77. The van der Waals surface area contributed by atoms with E-state index in [1.165, 1.54) is 6.92 Å². The molecule has 0 aliphatic heterocycles. The first-order chi connectivity index (χ1) is 6.83. The van der Waals surface area contributed by atoms with Crippen molar-refractivity contribution >= 4 is 28.9 Å². The minimum Gasteiger partial charge on any atom is -0.388 e. The first-order valence-corrected chi connectivity index (χ1v) is 4.79. The molecule has 0 radical (unpaired) electrons. The highest BCUT2D eigenvalue weighted by Crippen LogP contribution is 2.24. The number of alkyl halides is 3. The Hall–Kier alpha value is -0.860. The maximum Gasteiger partial charge on any atom is 0.574 e. The maximum atomic E-state index is 11.9. The molecule has 1 heterocycles. The fourth-order valence-corrected chi connectivity index (χ4v) is 1.72. The lowest BCUT2D eigenvalue weighted by Gasteiger charge is -2.09. The van der Waals surface area contributed by atoms with Gasteiger partial charge in [-0.25, -0.2) is 4.98 Å². The summed E-state index contributed by atoms with van der Waals surface area (Å²) in [6, 6.07) is 1.07. The molecule has 82 valence electrons. The third-order valence-corrected chi connectivity index (χ3v) is 2.36. The van der Waals surface area contributed by atoms with E-state index in [9.17, 15) is 18.0 Å². The Morgan fingerprint density at radius 1 is 1.53 bits per heavy atom. The van der Waals surface area contributed by atoms with Crippen LogP contribution in [0, 0.1) is 10.6 Å². The molecule has 0 N–H and O–H groups in total. The van der Waals surface area contributed by atoms with E-state index in [1.54, 1.807) is 22.6 Å². The second kappa shape index (κ2) is 4.33. The topological polar surface area (TPSA) is 39.2 Å². The Bertz CT molecular complexity index is 369. The second-order valence-corrected chi connectivity index (χ2v) is 3.67. The molecular weight excluding hydrogens is 326 g/mol. The summed E-state index contributed by atoms with van der Waals surface area (Å²) >= 11 is 1.67. The number of hydrogen-bond acceptors (Lipinski definition) is 3. The van der Waals surface area contributed by atoms with E-state index in [0.717, 1.165) is 6.07 Å². The third kappa shape index (κ3) is 3.33. The molecule has 0 saturated carbocycles. The summed E-state index contributed by atoms with van der Waals surface area (Å²) < 4.78 is 39.4. The molecule has 0 spiro atoms. The summed E-state index contributed by atoms with van der Waals surface area (Å²) in [4.78, 5) is 14.0. The van der Waals surface area contributed by atoms with Crippen LogP contribution in [0.25, 0.3) is 0 Å². The molecule has 0 aliphatic carbocycles. The zero-order valence-electron chi connectivity index (χ0n) is 7.43. The van der Waals surface area contributed by atoms with Gasteiger partial charge in [-0.2, -0.15) is 0 Å². The van der Waals surface area contributed by atoms with Gasteiger partial charge in [0.25, 0.3) is 0 Å². The first kappa shape index (κ1) is 12.2. The Balaban J connectivity index is 3.09. The van der Waals surface area contributed by atoms with E-state index in [4.69, 9.17) is 0 Å². The van der Waals surface area contributed by atoms with Gasteiger partial charge in [0.2, 0.25) is 5.88 Å². The number of aromatic nitrogens is 1. The molecule has 3 nitrogen and oxygen atoms in total. The Morgan fingerprint density at radius 2 is 2.13 bits per heavy atom. The molecule has 1 aromatic rings. The summed E-state index contributed by atoms with van der Waals surface area (Å²) in [7, 11) is 0. The van der Waals surface area contributed by atoms with Gasteiger partial charge in [0, 0.05) is 11.6 Å². The predicted octanol–water partition coefficient (Wildman–Crippen LogP) is 2.71. The summed E-state index contributed by atoms with van der Waals surface area (Å²) in [5.74, 6) is -0.560. The number of nitrogens with zero attached hydrogens (tertiary/aromatic N) is 1. The normalized spacial score (nSPS) is 11.3. The molecule has 1 rings (SSSR count). The number of ether oxygens (including phenoxy) is 1. The van der Waals surface area contributed by atoms with Crippen molar-refractivity contribution in [3.63, 3.8) is 0 Å². The summed E-state index contributed by atoms with van der Waals surface area (Å²) in [6.07, 6.45) is -4.23. The van der Waals surface area contributed by atoms with Crippen LogP contribution in [0.2, 0.25) is 0 Å². The van der Waals surface area contributed by atoms with Crippen molar-refractivity contribution in [3.8, 4) is 5.88 Å². The smallest absolute Gasteiger partial charge is 0.388 e. The molecule has 0 saturated heterocycles. The van der Waals surface area contributed by atoms with Gasteiger partial charge in [-0.1, -0.05) is 0 Å². The van der Waals surface area contributed by atoms with Crippen LogP contribution in [0.4, 0.5) is 13.2 Å². The predicted molar refractivity (Wildman–Crippen MR) is 53.8 cm³/mol. The molecule has 0 atom stereocenters. The molecule has 7 heteroatoms. The zero-order chi connectivity index (χ0) is 11.6. The fourth-order valence-electron chi connectivity index (χ4n) is 0.927. The highest BCUT2D eigenvalue weighted by molar-refractivity contribution is 14.1. The third-order valence-electron chi connectivity index (χ3n) is 1.53. The van der Waals surface area contributed by atoms with Crippen molar-refractivity contribution in [2.24, 2.45) is 0 Å². The van der Waals surface area contributed by atoms with E-state index in [1.807, 2.05) is 0 Å². The van der Waals surface area contributed by atoms with E-state index in [2.05, 4.69) is 9.72 Å². The number of aryl methyl sites for hydroxylation is 1. The highest BCUT2D eigenvalue weighted by Gasteiger charge is 2.32. The average molecular weight is 331 g/mol. The van der Waals surface area contributed by atoms with Crippen LogP contribution < -0.4 is 4.74 Å². The fraction of sp³-hybridized carbons (Fsp3) is 0.250. The van der Waals surface area contributed by atoms with Gasteiger partial charge in [0.1, 0.15) is 3.70 Å². The van der Waals surface area contributed by atoms with E-state index in [-0.39, 0.29) is 9.26 Å². The number of rotatable bonds is 2. The number of carbonyl (C=O) groups excluding carboxylic acids is 1.